The standard InChI is InChI=1S/C21H19NO7/c1-12(23)29-16-6-4-15(5-7-16)22-19(24)11-14(21(22)26)8-13-9-17(27-2)20(25)18(10-13)28-3/h4-10,25H,11H2,1-3H3/b14-8+. The van der Waals surface area contributed by atoms with E-state index in [1.165, 1.54) is 45.4 Å². The van der Waals surface area contributed by atoms with Gasteiger partial charge in [0.2, 0.25) is 11.7 Å². The van der Waals surface area contributed by atoms with E-state index in [1.54, 1.807) is 18.2 Å². The Kier molecular flexibility index (Phi) is 5.54. The van der Waals surface area contributed by atoms with Gasteiger partial charge >= 0.3 is 5.97 Å². The predicted molar refractivity (Wildman–Crippen MR) is 104 cm³/mol. The van der Waals surface area contributed by atoms with Crippen LogP contribution in [0.15, 0.2) is 42.0 Å². The van der Waals surface area contributed by atoms with E-state index in [0.717, 1.165) is 4.90 Å². The molecule has 0 spiro atoms. The van der Waals surface area contributed by atoms with Crippen molar-refractivity contribution < 1.29 is 33.7 Å². The van der Waals surface area contributed by atoms with E-state index in [0.29, 0.717) is 17.0 Å². The van der Waals surface area contributed by atoms with Crippen LogP contribution in [0.25, 0.3) is 6.08 Å². The molecule has 1 aliphatic heterocycles. The average Bonchev–Trinajstić information content (AvgIpc) is 2.96. The average molecular weight is 397 g/mol. The molecule has 3 rings (SSSR count). The van der Waals surface area contributed by atoms with Crippen LogP contribution in [-0.4, -0.2) is 37.1 Å². The van der Waals surface area contributed by atoms with Gasteiger partial charge in [0.05, 0.1) is 26.3 Å². The number of ether oxygens (including phenoxy) is 3. The minimum Gasteiger partial charge on any atom is -0.502 e. The van der Waals surface area contributed by atoms with Crippen LogP contribution in [0.5, 0.6) is 23.0 Å². The Morgan fingerprint density at radius 3 is 2.17 bits per heavy atom. The number of methoxy groups -OCH3 is 2. The molecular formula is C21H19NO7. The lowest BCUT2D eigenvalue weighted by molar-refractivity contribution is -0.132. The maximum absolute atomic E-state index is 12.8. The maximum atomic E-state index is 12.8. The summed E-state index contributed by atoms with van der Waals surface area (Å²) in [5, 5.41) is 10.0. The molecule has 2 aromatic rings. The number of benzene rings is 2. The van der Waals surface area contributed by atoms with Crippen molar-refractivity contribution in [2.75, 3.05) is 19.1 Å². The molecule has 150 valence electrons. The molecule has 0 aliphatic carbocycles. The van der Waals surface area contributed by atoms with E-state index in [4.69, 9.17) is 14.2 Å². The fraction of sp³-hybridized carbons (Fsp3) is 0.190. The van der Waals surface area contributed by atoms with Crippen LogP contribution < -0.4 is 19.1 Å². The van der Waals surface area contributed by atoms with Crippen molar-refractivity contribution in [2.24, 2.45) is 0 Å². The van der Waals surface area contributed by atoms with Gasteiger partial charge in [0, 0.05) is 12.5 Å². The number of phenols is 1. The topological polar surface area (TPSA) is 102 Å². The quantitative estimate of drug-likeness (QED) is 0.358. The van der Waals surface area contributed by atoms with Gasteiger partial charge in [0.15, 0.2) is 11.5 Å². The van der Waals surface area contributed by atoms with Gasteiger partial charge < -0.3 is 19.3 Å². The van der Waals surface area contributed by atoms with Gasteiger partial charge in [-0.15, -0.1) is 0 Å². The number of phenolic OH excluding ortho intramolecular Hbond substituents is 1. The maximum Gasteiger partial charge on any atom is 0.308 e. The summed E-state index contributed by atoms with van der Waals surface area (Å²) in [4.78, 5) is 37.3. The number of aromatic hydroxyl groups is 1. The molecule has 0 radical (unpaired) electrons. The third-order valence-corrected chi connectivity index (χ3v) is 4.27. The molecule has 0 bridgehead atoms. The number of anilines is 1. The number of hydrogen-bond donors (Lipinski definition) is 1. The summed E-state index contributed by atoms with van der Waals surface area (Å²) < 4.78 is 15.2. The van der Waals surface area contributed by atoms with Gasteiger partial charge in [-0.25, -0.2) is 4.90 Å². The molecule has 1 heterocycles. The molecule has 2 aromatic carbocycles. The van der Waals surface area contributed by atoms with Gasteiger partial charge in [-0.3, -0.25) is 14.4 Å². The Morgan fingerprint density at radius 1 is 1.07 bits per heavy atom. The molecule has 1 fully saturated rings. The van der Waals surface area contributed by atoms with E-state index >= 15 is 0 Å². The number of nitrogens with zero attached hydrogens (tertiary/aromatic N) is 1. The van der Waals surface area contributed by atoms with Crippen molar-refractivity contribution in [2.45, 2.75) is 13.3 Å². The Hall–Kier alpha value is -3.81. The number of amides is 2. The van der Waals surface area contributed by atoms with Crippen LogP contribution in [0.3, 0.4) is 0 Å². The Labute approximate surface area is 166 Å². The Bertz CT molecular complexity index is 983. The second kappa shape index (κ2) is 8.05. The predicted octanol–water partition coefficient (Wildman–Crippen LogP) is 2.68. The van der Waals surface area contributed by atoms with Crippen LogP contribution in [0.4, 0.5) is 5.69 Å². The van der Waals surface area contributed by atoms with Crippen molar-refractivity contribution in [1.29, 1.82) is 0 Å². The van der Waals surface area contributed by atoms with Crippen molar-refractivity contribution in [3.63, 3.8) is 0 Å². The number of imide groups is 1. The second-order valence-electron chi connectivity index (χ2n) is 6.24. The molecule has 8 heteroatoms. The molecule has 0 aromatic heterocycles. The summed E-state index contributed by atoms with van der Waals surface area (Å²) in [6.45, 7) is 1.28. The molecule has 1 saturated heterocycles. The first-order valence-corrected chi connectivity index (χ1v) is 8.65. The van der Waals surface area contributed by atoms with Gasteiger partial charge in [-0.2, -0.15) is 0 Å². The van der Waals surface area contributed by atoms with Crippen LogP contribution in [0.1, 0.15) is 18.9 Å². The summed E-state index contributed by atoms with van der Waals surface area (Å²) in [5.74, 6) is -0.756. The molecule has 1 N–H and O–H groups in total. The smallest absolute Gasteiger partial charge is 0.308 e. The lowest BCUT2D eigenvalue weighted by Gasteiger charge is -2.14. The fourth-order valence-electron chi connectivity index (χ4n) is 2.98. The summed E-state index contributed by atoms with van der Waals surface area (Å²) in [6, 6.07) is 9.16. The molecule has 0 saturated carbocycles. The highest BCUT2D eigenvalue weighted by atomic mass is 16.5. The van der Waals surface area contributed by atoms with Crippen molar-refractivity contribution in [1.82, 2.24) is 0 Å². The minimum absolute atomic E-state index is 0.0734. The highest BCUT2D eigenvalue weighted by Crippen LogP contribution is 2.38. The largest absolute Gasteiger partial charge is 0.502 e. The number of carbonyl (C=O) groups excluding carboxylic acids is 3. The van der Waals surface area contributed by atoms with Crippen molar-refractivity contribution in [3.8, 4) is 23.0 Å². The first-order chi connectivity index (χ1) is 13.8. The zero-order valence-corrected chi connectivity index (χ0v) is 16.1. The van der Waals surface area contributed by atoms with Crippen LogP contribution in [-0.2, 0) is 14.4 Å². The van der Waals surface area contributed by atoms with Gasteiger partial charge in [-0.05, 0) is 48.0 Å². The molecule has 0 unspecified atom stereocenters. The molecule has 1 aliphatic rings. The summed E-state index contributed by atoms with van der Waals surface area (Å²) >= 11 is 0. The summed E-state index contributed by atoms with van der Waals surface area (Å²) in [5.41, 5.74) is 1.20. The monoisotopic (exact) mass is 397 g/mol. The van der Waals surface area contributed by atoms with Gasteiger partial charge in [0.25, 0.3) is 5.91 Å². The first kappa shape index (κ1) is 19.9. The lowest BCUT2D eigenvalue weighted by Crippen LogP contribution is -2.28. The molecule has 29 heavy (non-hydrogen) atoms. The lowest BCUT2D eigenvalue weighted by atomic mass is 10.1. The fourth-order valence-corrected chi connectivity index (χ4v) is 2.98. The third kappa shape index (κ3) is 4.06. The Morgan fingerprint density at radius 2 is 1.66 bits per heavy atom. The van der Waals surface area contributed by atoms with Crippen molar-refractivity contribution >= 4 is 29.5 Å². The minimum atomic E-state index is -0.462. The SMILES string of the molecule is COc1cc(/C=C2\CC(=O)N(c3ccc(OC(C)=O)cc3)C2=O)cc(OC)c1O. The van der Waals surface area contributed by atoms with Gasteiger partial charge in [-0.1, -0.05) is 0 Å². The second-order valence-corrected chi connectivity index (χ2v) is 6.24. The molecule has 8 nitrogen and oxygen atoms in total. The van der Waals surface area contributed by atoms with E-state index in [1.807, 2.05) is 0 Å². The highest BCUT2D eigenvalue weighted by molar-refractivity contribution is 6.29. The zero-order valence-electron chi connectivity index (χ0n) is 16.1. The summed E-state index contributed by atoms with van der Waals surface area (Å²) in [6.07, 6.45) is 1.48. The third-order valence-electron chi connectivity index (χ3n) is 4.27. The number of esters is 1. The van der Waals surface area contributed by atoms with E-state index in [2.05, 4.69) is 0 Å². The molecular weight excluding hydrogens is 378 g/mol. The normalized spacial score (nSPS) is 15.0. The number of rotatable bonds is 5. The van der Waals surface area contributed by atoms with Crippen molar-refractivity contribution in [3.05, 3.63) is 47.5 Å². The van der Waals surface area contributed by atoms with E-state index in [9.17, 15) is 19.5 Å². The number of hydrogen-bond acceptors (Lipinski definition) is 7. The van der Waals surface area contributed by atoms with Gasteiger partial charge in [0.1, 0.15) is 5.75 Å². The highest BCUT2D eigenvalue weighted by Gasteiger charge is 2.35. The van der Waals surface area contributed by atoms with Crippen LogP contribution in [0.2, 0.25) is 0 Å². The zero-order chi connectivity index (χ0) is 21.1. The van der Waals surface area contributed by atoms with E-state index in [-0.39, 0.29) is 35.1 Å². The molecule has 0 atom stereocenters. The molecule has 2 amide bonds. The van der Waals surface area contributed by atoms with E-state index < -0.39 is 11.9 Å². The number of carbonyl (C=O) groups is 3. The first-order valence-electron chi connectivity index (χ1n) is 8.65. The summed E-state index contributed by atoms with van der Waals surface area (Å²) in [7, 11) is 2.80. The van der Waals surface area contributed by atoms with Crippen LogP contribution >= 0.6 is 0 Å². The van der Waals surface area contributed by atoms with Crippen LogP contribution in [0, 0.1) is 0 Å². The Balaban J connectivity index is 1.90.